The van der Waals surface area contributed by atoms with E-state index >= 15 is 0 Å². The molecule has 3 atom stereocenters. The van der Waals surface area contributed by atoms with Crippen LogP contribution in [-0.4, -0.2) is 49.2 Å². The lowest BCUT2D eigenvalue weighted by molar-refractivity contribution is -0.0344. The number of rotatable bonds is 1. The molecule has 5 heteroatoms. The van der Waals surface area contributed by atoms with Crippen LogP contribution in [0.25, 0.3) is 0 Å². The second kappa shape index (κ2) is 4.72. The first-order valence-corrected chi connectivity index (χ1v) is 8.32. The molecule has 1 saturated heterocycles. The Morgan fingerprint density at radius 1 is 1.22 bits per heavy atom. The van der Waals surface area contributed by atoms with Crippen molar-refractivity contribution >= 4 is 0 Å². The van der Waals surface area contributed by atoms with Crippen LogP contribution in [0, 0.1) is 0 Å². The smallest absolute Gasteiger partial charge is 0.231 e. The third kappa shape index (κ3) is 1.73. The first kappa shape index (κ1) is 13.8. The monoisotopic (exact) mass is 315 g/mol. The van der Waals surface area contributed by atoms with Crippen molar-refractivity contribution in [2.45, 2.75) is 37.0 Å². The van der Waals surface area contributed by atoms with Crippen molar-refractivity contribution in [3.8, 4) is 11.5 Å². The molecular weight excluding hydrogens is 294 g/mol. The lowest BCUT2D eigenvalue weighted by Crippen LogP contribution is -2.52. The summed E-state index contributed by atoms with van der Waals surface area (Å²) in [7, 11) is 1.69. The van der Waals surface area contributed by atoms with Crippen molar-refractivity contribution in [2.75, 3.05) is 27.0 Å². The van der Waals surface area contributed by atoms with Crippen LogP contribution >= 0.6 is 0 Å². The summed E-state index contributed by atoms with van der Waals surface area (Å²) >= 11 is 0. The molecule has 3 unspecified atom stereocenters. The molecule has 3 heterocycles. The number of hydrogen-bond donors (Lipinski definition) is 1. The van der Waals surface area contributed by atoms with E-state index in [1.165, 1.54) is 16.7 Å². The van der Waals surface area contributed by atoms with Gasteiger partial charge in [-0.2, -0.15) is 0 Å². The molecule has 0 radical (unpaired) electrons. The summed E-state index contributed by atoms with van der Waals surface area (Å²) in [5.74, 6) is 1.70. The minimum atomic E-state index is -0.514. The molecular formula is C18H21NO4. The largest absolute Gasteiger partial charge is 0.454 e. The van der Waals surface area contributed by atoms with Gasteiger partial charge in [0.15, 0.2) is 11.5 Å². The van der Waals surface area contributed by atoms with E-state index in [0.29, 0.717) is 6.79 Å². The second-order valence-corrected chi connectivity index (χ2v) is 6.87. The average molecular weight is 315 g/mol. The number of aliphatic hydroxyl groups excluding tert-OH is 1. The van der Waals surface area contributed by atoms with E-state index in [-0.39, 0.29) is 11.6 Å². The van der Waals surface area contributed by atoms with Gasteiger partial charge in [0.25, 0.3) is 0 Å². The van der Waals surface area contributed by atoms with Gasteiger partial charge in [-0.25, -0.2) is 0 Å². The summed E-state index contributed by atoms with van der Waals surface area (Å²) in [6.45, 7) is 2.39. The highest BCUT2D eigenvalue weighted by atomic mass is 16.7. The van der Waals surface area contributed by atoms with Gasteiger partial charge in [-0.15, -0.1) is 0 Å². The Kier molecular flexibility index (Phi) is 2.84. The van der Waals surface area contributed by atoms with Gasteiger partial charge in [-0.05, 0) is 41.7 Å². The van der Waals surface area contributed by atoms with Crippen molar-refractivity contribution in [3.05, 3.63) is 34.9 Å². The van der Waals surface area contributed by atoms with Gasteiger partial charge in [0.2, 0.25) is 6.79 Å². The summed E-state index contributed by atoms with van der Waals surface area (Å²) in [6, 6.07) is 4.31. The number of benzene rings is 1. The highest BCUT2D eigenvalue weighted by Gasteiger charge is 2.53. The topological polar surface area (TPSA) is 51.2 Å². The average Bonchev–Trinajstić information content (AvgIpc) is 3.16. The molecule has 0 amide bonds. The molecule has 0 aromatic heterocycles. The van der Waals surface area contributed by atoms with Crippen LogP contribution in [0.1, 0.15) is 24.0 Å². The summed E-state index contributed by atoms with van der Waals surface area (Å²) in [4.78, 5) is 2.56. The van der Waals surface area contributed by atoms with Crippen molar-refractivity contribution < 1.29 is 19.3 Å². The number of fused-ring (bicyclic) bond motifs is 2. The van der Waals surface area contributed by atoms with Gasteiger partial charge >= 0.3 is 0 Å². The normalized spacial score (nSPS) is 34.6. The van der Waals surface area contributed by atoms with Crippen molar-refractivity contribution in [1.82, 2.24) is 4.90 Å². The Morgan fingerprint density at radius 2 is 2.00 bits per heavy atom. The van der Waals surface area contributed by atoms with Gasteiger partial charge in [0.05, 0.1) is 17.7 Å². The third-order valence-corrected chi connectivity index (χ3v) is 5.97. The first-order chi connectivity index (χ1) is 11.2. The van der Waals surface area contributed by atoms with Crippen molar-refractivity contribution in [2.24, 2.45) is 0 Å². The van der Waals surface area contributed by atoms with E-state index in [9.17, 15) is 5.11 Å². The van der Waals surface area contributed by atoms with Gasteiger partial charge in [0.1, 0.15) is 0 Å². The zero-order valence-corrected chi connectivity index (χ0v) is 13.2. The van der Waals surface area contributed by atoms with Crippen LogP contribution in [0.15, 0.2) is 23.8 Å². The lowest BCUT2D eigenvalue weighted by atomic mass is 9.70. The SMILES string of the molecule is COC1CC23C(=CC1O)CCN2CCc1cc2c(cc13)OCO2. The maximum absolute atomic E-state index is 10.3. The number of aliphatic hydroxyl groups is 1. The Morgan fingerprint density at radius 3 is 2.83 bits per heavy atom. The molecule has 5 nitrogen and oxygen atoms in total. The molecule has 122 valence electrons. The van der Waals surface area contributed by atoms with E-state index in [4.69, 9.17) is 14.2 Å². The van der Waals surface area contributed by atoms with Crippen LogP contribution in [0.5, 0.6) is 11.5 Å². The Balaban J connectivity index is 1.71. The molecule has 1 aromatic carbocycles. The molecule has 1 fully saturated rings. The first-order valence-electron chi connectivity index (χ1n) is 8.32. The second-order valence-electron chi connectivity index (χ2n) is 6.87. The Hall–Kier alpha value is -1.56. The molecule has 4 aliphatic rings. The van der Waals surface area contributed by atoms with Crippen LogP contribution in [0.2, 0.25) is 0 Å². The summed E-state index contributed by atoms with van der Waals surface area (Å²) in [6.07, 6.45) is 4.18. The standard InChI is InChI=1S/C18H21NO4/c1-21-17-9-18-12(7-14(17)20)3-5-19(18)4-2-11-6-15-16(8-13(11)18)23-10-22-15/h6-8,14,17,20H,2-5,9-10H2,1H3. The molecule has 5 rings (SSSR count). The molecule has 1 N–H and O–H groups in total. The van der Waals surface area contributed by atoms with Gasteiger partial charge in [-0.1, -0.05) is 6.08 Å². The quantitative estimate of drug-likeness (QED) is 0.798. The van der Waals surface area contributed by atoms with E-state index in [1.54, 1.807) is 7.11 Å². The zero-order valence-electron chi connectivity index (χ0n) is 13.2. The predicted octanol–water partition coefficient (Wildman–Crippen LogP) is 1.58. The fourth-order valence-electron chi connectivity index (χ4n) is 4.87. The molecule has 23 heavy (non-hydrogen) atoms. The van der Waals surface area contributed by atoms with E-state index in [2.05, 4.69) is 17.0 Å². The van der Waals surface area contributed by atoms with E-state index in [0.717, 1.165) is 43.9 Å². The van der Waals surface area contributed by atoms with Crippen LogP contribution in [0.4, 0.5) is 0 Å². The van der Waals surface area contributed by atoms with E-state index in [1.807, 2.05) is 6.08 Å². The third-order valence-electron chi connectivity index (χ3n) is 5.97. The number of ether oxygens (including phenoxy) is 3. The maximum atomic E-state index is 10.3. The molecule has 0 saturated carbocycles. The molecule has 1 aromatic rings. The summed E-state index contributed by atoms with van der Waals surface area (Å²) in [5.41, 5.74) is 3.84. The molecule has 1 aliphatic carbocycles. The fraction of sp³-hybridized carbons (Fsp3) is 0.556. The minimum Gasteiger partial charge on any atom is -0.454 e. The highest BCUT2D eigenvalue weighted by molar-refractivity contribution is 5.56. The predicted molar refractivity (Wildman–Crippen MR) is 83.6 cm³/mol. The number of methoxy groups -OCH3 is 1. The van der Waals surface area contributed by atoms with Crippen LogP contribution < -0.4 is 9.47 Å². The molecule has 3 aliphatic heterocycles. The van der Waals surface area contributed by atoms with Crippen molar-refractivity contribution in [1.29, 1.82) is 0 Å². The fourth-order valence-corrected chi connectivity index (χ4v) is 4.87. The van der Waals surface area contributed by atoms with Gasteiger partial charge in [0, 0.05) is 26.6 Å². The van der Waals surface area contributed by atoms with Crippen LogP contribution in [0.3, 0.4) is 0 Å². The summed E-state index contributed by atoms with van der Waals surface area (Å²) in [5, 5.41) is 10.3. The molecule has 1 spiro atoms. The maximum Gasteiger partial charge on any atom is 0.231 e. The van der Waals surface area contributed by atoms with Crippen LogP contribution in [-0.2, 0) is 16.7 Å². The molecule has 0 bridgehead atoms. The number of nitrogens with zero attached hydrogens (tertiary/aromatic N) is 1. The Labute approximate surface area is 135 Å². The van der Waals surface area contributed by atoms with E-state index < -0.39 is 6.10 Å². The minimum absolute atomic E-state index is 0.144. The lowest BCUT2D eigenvalue weighted by Gasteiger charge is -2.48. The summed E-state index contributed by atoms with van der Waals surface area (Å²) < 4.78 is 16.8. The van der Waals surface area contributed by atoms with Gasteiger partial charge in [-0.3, -0.25) is 4.90 Å². The highest BCUT2D eigenvalue weighted by Crippen LogP contribution is 2.54. The zero-order chi connectivity index (χ0) is 15.6. The van der Waals surface area contributed by atoms with Crippen molar-refractivity contribution in [3.63, 3.8) is 0 Å². The van der Waals surface area contributed by atoms with Gasteiger partial charge < -0.3 is 19.3 Å². The Bertz CT molecular complexity index is 701. The number of hydrogen-bond acceptors (Lipinski definition) is 5.